The van der Waals surface area contributed by atoms with E-state index in [0.29, 0.717) is 17.1 Å². The molecule has 0 unspecified atom stereocenters. The van der Waals surface area contributed by atoms with Gasteiger partial charge in [-0.3, -0.25) is 10.1 Å². The molecule has 2 aromatic carbocycles. The number of fused-ring (bicyclic) bond motifs is 1. The molecule has 5 rings (SSSR count). The van der Waals surface area contributed by atoms with Gasteiger partial charge in [-0.1, -0.05) is 59.9 Å². The fourth-order valence-electron chi connectivity index (χ4n) is 3.96. The molecule has 2 heterocycles. The van der Waals surface area contributed by atoms with Gasteiger partial charge in [-0.25, -0.2) is 14.4 Å². The number of esters is 1. The lowest BCUT2D eigenvalue weighted by Crippen LogP contribution is -2.46. The van der Waals surface area contributed by atoms with E-state index in [9.17, 15) is 4.79 Å². The lowest BCUT2D eigenvalue weighted by atomic mass is 9.89. The van der Waals surface area contributed by atoms with Crippen LogP contribution in [0.3, 0.4) is 0 Å². The van der Waals surface area contributed by atoms with Gasteiger partial charge in [-0.05, 0) is 49.2 Å². The van der Waals surface area contributed by atoms with Gasteiger partial charge in [-0.2, -0.15) is 0 Å². The summed E-state index contributed by atoms with van der Waals surface area (Å²) in [5, 5.41) is 3.69. The second kappa shape index (κ2) is 8.42. The average molecular weight is 474 g/mol. The molecular formula is C27H24FN3O2S. The van der Waals surface area contributed by atoms with Gasteiger partial charge in [-0.15, -0.1) is 0 Å². The van der Waals surface area contributed by atoms with Crippen molar-refractivity contribution in [1.82, 2.24) is 15.3 Å². The van der Waals surface area contributed by atoms with Crippen LogP contribution in [0.1, 0.15) is 30.7 Å². The average Bonchev–Trinajstić information content (AvgIpc) is 3.55. The molecule has 34 heavy (non-hydrogen) atoms. The van der Waals surface area contributed by atoms with Crippen molar-refractivity contribution in [2.45, 2.75) is 31.3 Å². The van der Waals surface area contributed by atoms with E-state index < -0.39 is 5.54 Å². The fourth-order valence-corrected chi connectivity index (χ4v) is 4.93. The van der Waals surface area contributed by atoms with E-state index in [1.54, 1.807) is 19.9 Å². The van der Waals surface area contributed by atoms with Gasteiger partial charge < -0.3 is 4.74 Å². The monoisotopic (exact) mass is 473 g/mol. The molecule has 2 aromatic heterocycles. The van der Waals surface area contributed by atoms with Gasteiger partial charge >= 0.3 is 5.97 Å². The molecule has 0 spiro atoms. The standard InChI is InChI=1S/C27H24FN3O2S/c1-26(2,25(32)33-3)29-16-17-9-10-19(20(28)15-17)23-30-21-11-12-22(31-24(21)34-23)27(13-14-27)18-7-5-4-6-8-18/h4-15,29H,16H2,1-3H3. The predicted octanol–water partition coefficient (Wildman–Crippen LogP) is 5.39. The summed E-state index contributed by atoms with van der Waals surface area (Å²) in [6, 6.07) is 19.2. The maximum absolute atomic E-state index is 15.0. The van der Waals surface area contributed by atoms with Crippen LogP contribution in [0.15, 0.2) is 72.8 Å². The SMILES string of the molecule is COC(=O)C(C)(C)NCc1ccc(-c2nc3ccc(C4(c5ccccc5)C=C4)nc3s2)c(F)c1. The number of halogens is 1. The van der Waals surface area contributed by atoms with Crippen molar-refractivity contribution in [2.24, 2.45) is 0 Å². The molecule has 0 radical (unpaired) electrons. The van der Waals surface area contributed by atoms with Crippen LogP contribution in [-0.4, -0.2) is 28.6 Å². The van der Waals surface area contributed by atoms with Crippen molar-refractivity contribution in [1.29, 1.82) is 0 Å². The number of hydrogen-bond donors (Lipinski definition) is 1. The number of carbonyl (C=O) groups is 1. The maximum atomic E-state index is 15.0. The first-order valence-corrected chi connectivity index (χ1v) is 11.8. The molecule has 0 fully saturated rings. The van der Waals surface area contributed by atoms with Crippen molar-refractivity contribution in [3.05, 3.63) is 95.5 Å². The third-order valence-corrected chi connectivity index (χ3v) is 7.12. The summed E-state index contributed by atoms with van der Waals surface area (Å²) in [5.41, 5.74) is 2.89. The van der Waals surface area contributed by atoms with Crippen LogP contribution in [0, 0.1) is 5.82 Å². The minimum atomic E-state index is -0.867. The highest BCUT2D eigenvalue weighted by atomic mass is 32.1. The minimum absolute atomic E-state index is 0.266. The molecule has 0 bridgehead atoms. The van der Waals surface area contributed by atoms with Gasteiger partial charge in [0.05, 0.1) is 18.2 Å². The zero-order chi connectivity index (χ0) is 23.9. The quantitative estimate of drug-likeness (QED) is 0.288. The molecule has 1 aliphatic rings. The van der Waals surface area contributed by atoms with E-state index in [4.69, 9.17) is 9.72 Å². The summed E-state index contributed by atoms with van der Waals surface area (Å²) in [7, 11) is 1.35. The normalized spacial score (nSPS) is 14.4. The Morgan fingerprint density at radius 1 is 1.09 bits per heavy atom. The summed E-state index contributed by atoms with van der Waals surface area (Å²) >= 11 is 1.38. The van der Waals surface area contributed by atoms with E-state index in [1.165, 1.54) is 30.1 Å². The Balaban J connectivity index is 1.39. The molecule has 7 heteroatoms. The number of aromatic nitrogens is 2. The van der Waals surface area contributed by atoms with Crippen LogP contribution in [0.25, 0.3) is 20.9 Å². The van der Waals surface area contributed by atoms with Gasteiger partial charge in [0.1, 0.15) is 26.7 Å². The third kappa shape index (κ3) is 4.02. The zero-order valence-electron chi connectivity index (χ0n) is 19.1. The van der Waals surface area contributed by atoms with Gasteiger partial charge in [0.25, 0.3) is 0 Å². The third-order valence-electron chi connectivity index (χ3n) is 6.12. The molecule has 1 N–H and O–H groups in total. The van der Waals surface area contributed by atoms with E-state index in [-0.39, 0.29) is 17.2 Å². The van der Waals surface area contributed by atoms with Gasteiger partial charge in [0.2, 0.25) is 0 Å². The molecule has 4 aromatic rings. The topological polar surface area (TPSA) is 64.1 Å². The zero-order valence-corrected chi connectivity index (χ0v) is 19.9. The summed E-state index contributed by atoms with van der Waals surface area (Å²) in [6.07, 6.45) is 4.29. The van der Waals surface area contributed by atoms with Crippen LogP contribution in [0.2, 0.25) is 0 Å². The van der Waals surface area contributed by atoms with Crippen molar-refractivity contribution in [2.75, 3.05) is 7.11 Å². The summed E-state index contributed by atoms with van der Waals surface area (Å²) in [5.74, 6) is -0.736. The van der Waals surface area contributed by atoms with Crippen LogP contribution in [-0.2, 0) is 21.5 Å². The van der Waals surface area contributed by atoms with Crippen LogP contribution >= 0.6 is 11.3 Å². The van der Waals surface area contributed by atoms with E-state index >= 15 is 4.39 Å². The molecule has 0 saturated heterocycles. The fraction of sp³-hybridized carbons (Fsp3) is 0.222. The van der Waals surface area contributed by atoms with Crippen molar-refractivity contribution in [3.63, 3.8) is 0 Å². The predicted molar refractivity (Wildman–Crippen MR) is 132 cm³/mol. The molecule has 172 valence electrons. The Hall–Kier alpha value is -3.42. The van der Waals surface area contributed by atoms with Crippen LogP contribution in [0.5, 0.6) is 0 Å². The Bertz CT molecular complexity index is 1410. The second-order valence-electron chi connectivity index (χ2n) is 8.89. The Kier molecular flexibility index (Phi) is 5.54. The molecule has 0 amide bonds. The highest BCUT2D eigenvalue weighted by Crippen LogP contribution is 2.45. The molecular weight excluding hydrogens is 449 g/mol. The molecule has 0 atom stereocenters. The lowest BCUT2D eigenvalue weighted by molar-refractivity contribution is -0.147. The first kappa shape index (κ1) is 22.4. The highest BCUT2D eigenvalue weighted by Gasteiger charge is 2.39. The summed E-state index contributed by atoms with van der Waals surface area (Å²) in [4.78, 5) is 22.1. The van der Waals surface area contributed by atoms with Crippen LogP contribution < -0.4 is 5.32 Å². The van der Waals surface area contributed by atoms with Crippen molar-refractivity contribution >= 4 is 27.7 Å². The number of nitrogens with one attached hydrogen (secondary N) is 1. The second-order valence-corrected chi connectivity index (χ2v) is 9.87. The van der Waals surface area contributed by atoms with E-state index in [0.717, 1.165) is 21.6 Å². The van der Waals surface area contributed by atoms with E-state index in [2.05, 4.69) is 34.6 Å². The number of hydrogen-bond acceptors (Lipinski definition) is 6. The number of benzene rings is 2. The molecule has 0 aliphatic heterocycles. The van der Waals surface area contributed by atoms with Crippen LogP contribution in [0.4, 0.5) is 4.39 Å². The number of thiazole rings is 1. The number of nitrogens with zero attached hydrogens (tertiary/aromatic N) is 2. The first-order valence-electron chi connectivity index (χ1n) is 11.0. The Morgan fingerprint density at radius 3 is 2.53 bits per heavy atom. The summed E-state index contributed by atoms with van der Waals surface area (Å²) in [6.45, 7) is 3.79. The highest BCUT2D eigenvalue weighted by molar-refractivity contribution is 7.21. The Morgan fingerprint density at radius 2 is 1.85 bits per heavy atom. The molecule has 0 saturated carbocycles. The number of ether oxygens (including phenoxy) is 1. The lowest BCUT2D eigenvalue weighted by Gasteiger charge is -2.23. The number of rotatable bonds is 7. The molecule has 1 aliphatic carbocycles. The number of allylic oxidation sites excluding steroid dienone is 2. The maximum Gasteiger partial charge on any atom is 0.325 e. The summed E-state index contributed by atoms with van der Waals surface area (Å²) < 4.78 is 19.8. The van der Waals surface area contributed by atoms with Gasteiger partial charge in [0.15, 0.2) is 0 Å². The van der Waals surface area contributed by atoms with Gasteiger partial charge in [0, 0.05) is 12.1 Å². The number of pyridine rings is 1. The van der Waals surface area contributed by atoms with E-state index in [1.807, 2.05) is 36.4 Å². The minimum Gasteiger partial charge on any atom is -0.468 e. The van der Waals surface area contributed by atoms with Crippen molar-refractivity contribution < 1.29 is 13.9 Å². The smallest absolute Gasteiger partial charge is 0.325 e. The molecule has 5 nitrogen and oxygen atoms in total. The number of methoxy groups -OCH3 is 1. The largest absolute Gasteiger partial charge is 0.468 e. The number of carbonyl (C=O) groups excluding carboxylic acids is 1. The first-order chi connectivity index (χ1) is 16.3. The Labute approximate surface area is 201 Å². The van der Waals surface area contributed by atoms with Crippen molar-refractivity contribution in [3.8, 4) is 10.6 Å².